The van der Waals surface area contributed by atoms with Gasteiger partial charge >= 0.3 is 5.97 Å². The Hall–Kier alpha value is -2.08. The molecule has 1 unspecified atom stereocenters. The molecule has 0 fully saturated rings. The number of aryl methyl sites for hydroxylation is 2. The molecule has 0 aliphatic heterocycles. The van der Waals surface area contributed by atoms with E-state index in [1.807, 2.05) is 25.6 Å². The first-order valence-electron chi connectivity index (χ1n) is 6.40. The summed E-state index contributed by atoms with van der Waals surface area (Å²) < 4.78 is 6.90. The van der Waals surface area contributed by atoms with E-state index in [9.17, 15) is 9.90 Å². The molecule has 0 saturated heterocycles. The van der Waals surface area contributed by atoms with Gasteiger partial charge in [0.25, 0.3) is 0 Å². The van der Waals surface area contributed by atoms with Crippen LogP contribution in [0.5, 0.6) is 0 Å². The maximum atomic E-state index is 10.7. The fraction of sp³-hybridized carbons (Fsp3) is 0.429. The third kappa shape index (κ3) is 2.75. The molecule has 6 heteroatoms. The summed E-state index contributed by atoms with van der Waals surface area (Å²) in [4.78, 5) is 10.7. The van der Waals surface area contributed by atoms with Gasteiger partial charge in [0, 0.05) is 12.7 Å². The molecule has 2 N–H and O–H groups in total. The maximum absolute atomic E-state index is 10.7. The largest absolute Gasteiger partial charge is 0.475 e. The average molecular weight is 278 g/mol. The predicted octanol–water partition coefficient (Wildman–Crippen LogP) is 1.99. The van der Waals surface area contributed by atoms with E-state index in [-0.39, 0.29) is 11.5 Å². The Morgan fingerprint density at radius 3 is 2.65 bits per heavy atom. The minimum Gasteiger partial charge on any atom is -0.475 e. The van der Waals surface area contributed by atoms with Crippen LogP contribution in [0.3, 0.4) is 0 Å². The highest BCUT2D eigenvalue weighted by Crippen LogP contribution is 2.23. The van der Waals surface area contributed by atoms with Crippen LogP contribution < -0.4 is 0 Å². The number of aromatic nitrogens is 2. The van der Waals surface area contributed by atoms with E-state index < -0.39 is 12.1 Å². The van der Waals surface area contributed by atoms with Gasteiger partial charge in [-0.2, -0.15) is 5.10 Å². The Labute approximate surface area is 116 Å². The topological polar surface area (TPSA) is 88.5 Å². The van der Waals surface area contributed by atoms with E-state index in [2.05, 4.69) is 5.10 Å². The van der Waals surface area contributed by atoms with Crippen molar-refractivity contribution in [1.29, 1.82) is 0 Å². The van der Waals surface area contributed by atoms with E-state index in [1.54, 1.807) is 0 Å². The zero-order valence-corrected chi connectivity index (χ0v) is 11.8. The van der Waals surface area contributed by atoms with E-state index in [1.165, 1.54) is 12.1 Å². The number of hydrogen-bond acceptors (Lipinski definition) is 4. The molecule has 0 spiro atoms. The summed E-state index contributed by atoms with van der Waals surface area (Å²) in [5.74, 6) is -1.02. The highest BCUT2D eigenvalue weighted by atomic mass is 16.4. The first-order valence-corrected chi connectivity index (χ1v) is 6.40. The van der Waals surface area contributed by atoms with Gasteiger partial charge in [-0.25, -0.2) is 4.79 Å². The van der Waals surface area contributed by atoms with E-state index in [4.69, 9.17) is 9.52 Å². The molecule has 20 heavy (non-hydrogen) atoms. The highest BCUT2D eigenvalue weighted by Gasteiger charge is 2.17. The molecule has 2 heterocycles. The fourth-order valence-electron chi connectivity index (χ4n) is 2.25. The number of rotatable bonds is 5. The van der Waals surface area contributed by atoms with Crippen LogP contribution in [0.1, 0.15) is 45.8 Å². The molecule has 0 radical (unpaired) electrons. The first-order chi connectivity index (χ1) is 9.40. The van der Waals surface area contributed by atoms with Crippen LogP contribution in [0.4, 0.5) is 0 Å². The molecule has 0 bridgehead atoms. The van der Waals surface area contributed by atoms with Crippen molar-refractivity contribution in [1.82, 2.24) is 9.78 Å². The molecule has 0 aliphatic rings. The van der Waals surface area contributed by atoms with Crippen molar-refractivity contribution in [2.45, 2.75) is 32.8 Å². The molecule has 0 saturated carbocycles. The van der Waals surface area contributed by atoms with Crippen LogP contribution in [0.25, 0.3) is 0 Å². The normalized spacial score (nSPS) is 12.6. The zero-order chi connectivity index (χ0) is 14.9. The van der Waals surface area contributed by atoms with Crippen molar-refractivity contribution in [2.24, 2.45) is 7.05 Å². The molecule has 6 nitrogen and oxygen atoms in total. The predicted molar refractivity (Wildman–Crippen MR) is 71.6 cm³/mol. The molecular weight excluding hydrogens is 260 g/mol. The average Bonchev–Trinajstić information content (AvgIpc) is 2.95. The van der Waals surface area contributed by atoms with Crippen LogP contribution in [0, 0.1) is 13.8 Å². The number of hydrogen-bond donors (Lipinski definition) is 2. The van der Waals surface area contributed by atoms with Crippen molar-refractivity contribution >= 4 is 5.97 Å². The minimum absolute atomic E-state index is 0.159. The number of carboxylic acids is 1. The highest BCUT2D eigenvalue weighted by molar-refractivity contribution is 5.84. The third-order valence-corrected chi connectivity index (χ3v) is 3.49. The number of furan rings is 1. The van der Waals surface area contributed by atoms with Crippen molar-refractivity contribution in [3.05, 3.63) is 40.6 Å². The van der Waals surface area contributed by atoms with Crippen LogP contribution in [-0.4, -0.2) is 26.0 Å². The van der Waals surface area contributed by atoms with Gasteiger partial charge in [0.1, 0.15) is 11.9 Å². The lowest BCUT2D eigenvalue weighted by Gasteiger charge is -2.08. The van der Waals surface area contributed by atoms with E-state index in [0.717, 1.165) is 17.0 Å². The van der Waals surface area contributed by atoms with Gasteiger partial charge in [0.2, 0.25) is 5.76 Å². The summed E-state index contributed by atoms with van der Waals surface area (Å²) in [7, 11) is 1.88. The van der Waals surface area contributed by atoms with Gasteiger partial charge in [-0.3, -0.25) is 4.68 Å². The number of aromatic carboxylic acids is 1. The minimum atomic E-state index is -1.14. The van der Waals surface area contributed by atoms with Crippen LogP contribution in [0.2, 0.25) is 0 Å². The van der Waals surface area contributed by atoms with Gasteiger partial charge in [0.15, 0.2) is 0 Å². The summed E-state index contributed by atoms with van der Waals surface area (Å²) in [6.45, 7) is 3.92. The molecule has 2 aromatic rings. The van der Waals surface area contributed by atoms with Crippen molar-refractivity contribution in [2.75, 3.05) is 0 Å². The van der Waals surface area contributed by atoms with Gasteiger partial charge < -0.3 is 14.6 Å². The molecular formula is C14H18N2O4. The second kappa shape index (κ2) is 5.50. The van der Waals surface area contributed by atoms with Crippen LogP contribution in [-0.2, 0) is 13.5 Å². The quantitative estimate of drug-likeness (QED) is 0.873. The number of nitrogens with zero attached hydrogens (tertiary/aromatic N) is 2. The first kappa shape index (κ1) is 14.3. The lowest BCUT2D eigenvalue weighted by Crippen LogP contribution is -2.01. The molecule has 2 aromatic heterocycles. The van der Waals surface area contributed by atoms with Crippen molar-refractivity contribution in [3.8, 4) is 0 Å². The molecule has 0 aromatic carbocycles. The molecule has 0 aliphatic carbocycles. The maximum Gasteiger partial charge on any atom is 0.371 e. The molecule has 0 amide bonds. The number of aliphatic hydroxyl groups excluding tert-OH is 1. The molecule has 1 atom stereocenters. The fourth-order valence-corrected chi connectivity index (χ4v) is 2.25. The molecule has 2 rings (SSSR count). The Bertz CT molecular complexity index is 627. The number of carboxylic acid groups (broad SMARTS) is 1. The van der Waals surface area contributed by atoms with Crippen LogP contribution >= 0.6 is 0 Å². The number of aliphatic hydroxyl groups is 1. The smallest absolute Gasteiger partial charge is 0.371 e. The zero-order valence-electron chi connectivity index (χ0n) is 11.8. The van der Waals surface area contributed by atoms with Crippen molar-refractivity contribution < 1.29 is 19.4 Å². The Balaban J connectivity index is 2.04. The Kier molecular flexibility index (Phi) is 3.94. The summed E-state index contributed by atoms with van der Waals surface area (Å²) in [6, 6.07) is 2.85. The summed E-state index contributed by atoms with van der Waals surface area (Å²) >= 11 is 0. The van der Waals surface area contributed by atoms with Gasteiger partial charge in [-0.1, -0.05) is 0 Å². The van der Waals surface area contributed by atoms with Gasteiger partial charge in [-0.05, 0) is 44.4 Å². The monoisotopic (exact) mass is 278 g/mol. The Morgan fingerprint density at radius 2 is 2.15 bits per heavy atom. The summed E-state index contributed by atoms with van der Waals surface area (Å²) in [5, 5.41) is 23.2. The lowest BCUT2D eigenvalue weighted by molar-refractivity contribution is 0.0650. The molecule has 108 valence electrons. The van der Waals surface area contributed by atoms with Gasteiger partial charge in [0.05, 0.1) is 5.69 Å². The van der Waals surface area contributed by atoms with E-state index >= 15 is 0 Å². The summed E-state index contributed by atoms with van der Waals surface area (Å²) in [6.07, 6.45) is 0.303. The van der Waals surface area contributed by atoms with E-state index in [0.29, 0.717) is 12.8 Å². The lowest BCUT2D eigenvalue weighted by atomic mass is 10.0. The van der Waals surface area contributed by atoms with Crippen LogP contribution in [0.15, 0.2) is 16.5 Å². The third-order valence-electron chi connectivity index (χ3n) is 3.49. The standard InChI is InChI=1S/C14H18N2O4/c1-8-10(9(2)16(3)15-8)4-5-11(17)12-6-7-13(20-12)14(18)19/h6-7,11,17H,4-5H2,1-3H3,(H,18,19). The SMILES string of the molecule is Cc1nn(C)c(C)c1CCC(O)c1ccc(C(=O)O)o1. The van der Waals surface area contributed by atoms with Crippen molar-refractivity contribution in [3.63, 3.8) is 0 Å². The van der Waals surface area contributed by atoms with Gasteiger partial charge in [-0.15, -0.1) is 0 Å². The number of carbonyl (C=O) groups is 1. The second-order valence-corrected chi connectivity index (χ2v) is 4.83. The summed E-state index contributed by atoms with van der Waals surface area (Å²) in [5.41, 5.74) is 3.12. The Morgan fingerprint density at radius 1 is 1.45 bits per heavy atom. The second-order valence-electron chi connectivity index (χ2n) is 4.83.